The summed E-state index contributed by atoms with van der Waals surface area (Å²) in [5.74, 6) is -0.318. The first-order chi connectivity index (χ1) is 10.7. The van der Waals surface area contributed by atoms with Crippen LogP contribution in [-0.2, 0) is 4.79 Å². The Kier molecular flexibility index (Phi) is 5.89. The van der Waals surface area contributed by atoms with Crippen LogP contribution in [-0.4, -0.2) is 29.7 Å². The van der Waals surface area contributed by atoms with Gasteiger partial charge in [-0.3, -0.25) is 10.1 Å². The number of nitrogens with one attached hydrogen (secondary N) is 1. The summed E-state index contributed by atoms with van der Waals surface area (Å²) < 4.78 is 0. The highest BCUT2D eigenvalue weighted by atomic mass is 16.2. The van der Waals surface area contributed by atoms with Crippen LogP contribution < -0.4 is 5.32 Å². The molecule has 0 aliphatic carbocycles. The van der Waals surface area contributed by atoms with Crippen LogP contribution in [0.3, 0.4) is 0 Å². The van der Waals surface area contributed by atoms with Crippen molar-refractivity contribution in [1.29, 1.82) is 0 Å². The maximum absolute atomic E-state index is 11.5. The second-order valence-electron chi connectivity index (χ2n) is 5.24. The molecule has 1 aliphatic rings. The van der Waals surface area contributed by atoms with E-state index >= 15 is 0 Å². The average Bonchev–Trinajstić information content (AvgIpc) is 2.84. The number of unbranched alkanes of at least 4 members (excludes halogenated alkanes) is 2. The Bertz CT molecular complexity index is 579. The predicted molar refractivity (Wildman–Crippen MR) is 87.3 cm³/mol. The molecule has 1 aromatic carbocycles. The van der Waals surface area contributed by atoms with E-state index in [9.17, 15) is 9.59 Å². The summed E-state index contributed by atoms with van der Waals surface area (Å²) in [4.78, 5) is 22.6. The largest absolute Gasteiger partial charge is 0.344 e. The van der Waals surface area contributed by atoms with Gasteiger partial charge in [-0.2, -0.15) is 5.10 Å². The number of nitrogens with zero attached hydrogens (tertiary/aromatic N) is 2. The van der Waals surface area contributed by atoms with Crippen LogP contribution in [0, 0.1) is 0 Å². The van der Waals surface area contributed by atoms with Gasteiger partial charge < -0.3 is 0 Å². The van der Waals surface area contributed by atoms with E-state index in [0.717, 1.165) is 41.8 Å². The summed E-state index contributed by atoms with van der Waals surface area (Å²) in [6.45, 7) is 2.15. The molecule has 1 aromatic rings. The topological polar surface area (TPSA) is 61.8 Å². The number of allylic oxidation sites excluding steroid dienone is 1. The molecule has 0 saturated carbocycles. The minimum atomic E-state index is -0.464. The molecule has 1 fully saturated rings. The van der Waals surface area contributed by atoms with Gasteiger partial charge in [0, 0.05) is 0 Å². The van der Waals surface area contributed by atoms with Crippen molar-refractivity contribution in [3.8, 4) is 0 Å². The maximum Gasteiger partial charge on any atom is 0.344 e. The first-order valence-corrected chi connectivity index (χ1v) is 7.60. The van der Waals surface area contributed by atoms with Crippen LogP contribution in [0.5, 0.6) is 0 Å². The van der Waals surface area contributed by atoms with Gasteiger partial charge in [0.15, 0.2) is 0 Å². The molecule has 0 radical (unpaired) electrons. The summed E-state index contributed by atoms with van der Waals surface area (Å²) in [6, 6.07) is 9.54. The van der Waals surface area contributed by atoms with Gasteiger partial charge in [-0.05, 0) is 24.0 Å². The second kappa shape index (κ2) is 8.12. The molecule has 5 heteroatoms. The molecule has 3 amide bonds. The van der Waals surface area contributed by atoms with E-state index in [-0.39, 0.29) is 12.5 Å². The molecular weight excluding hydrogens is 278 g/mol. The highest BCUT2D eigenvalue weighted by Gasteiger charge is 2.25. The van der Waals surface area contributed by atoms with Crippen molar-refractivity contribution in [2.24, 2.45) is 5.10 Å². The number of carbonyl (C=O) groups excluding carboxylic acids is 2. The summed E-state index contributed by atoms with van der Waals surface area (Å²) in [5, 5.41) is 7.50. The molecule has 1 N–H and O–H groups in total. The quantitative estimate of drug-likeness (QED) is 0.477. The van der Waals surface area contributed by atoms with E-state index in [2.05, 4.69) is 23.4 Å². The van der Waals surface area contributed by atoms with E-state index < -0.39 is 6.03 Å². The fraction of sp³-hybridized carbons (Fsp3) is 0.353. The number of rotatable bonds is 7. The van der Waals surface area contributed by atoms with Crippen molar-refractivity contribution in [1.82, 2.24) is 10.3 Å². The number of imide groups is 1. The van der Waals surface area contributed by atoms with Gasteiger partial charge >= 0.3 is 6.03 Å². The fourth-order valence-electron chi connectivity index (χ4n) is 2.18. The van der Waals surface area contributed by atoms with Crippen molar-refractivity contribution in [2.45, 2.75) is 32.6 Å². The first-order valence-electron chi connectivity index (χ1n) is 7.60. The van der Waals surface area contributed by atoms with Crippen LogP contribution >= 0.6 is 0 Å². The third-order valence-corrected chi connectivity index (χ3v) is 3.36. The minimum absolute atomic E-state index is 0.0110. The molecule has 0 unspecified atom stereocenters. The van der Waals surface area contributed by atoms with E-state index in [4.69, 9.17) is 0 Å². The molecular formula is C17H21N3O2. The highest BCUT2D eigenvalue weighted by molar-refractivity contribution is 6.02. The molecule has 1 heterocycles. The van der Waals surface area contributed by atoms with Crippen LogP contribution in [0.15, 0.2) is 41.0 Å². The monoisotopic (exact) mass is 299 g/mol. The standard InChI is InChI=1S/C17H21N3O2/c1-2-3-5-10-15(11-14-8-6-4-7-9-14)12-18-20-13-16(21)19-17(20)22/h4,6-9,11-12H,2-3,5,10,13H2,1H3,(H,19,21,22)/b15-11+,18-12-. The lowest BCUT2D eigenvalue weighted by Gasteiger charge is -2.06. The Morgan fingerprint density at radius 3 is 2.68 bits per heavy atom. The van der Waals surface area contributed by atoms with Gasteiger partial charge in [0.05, 0.1) is 6.21 Å². The lowest BCUT2D eigenvalue weighted by atomic mass is 10.1. The van der Waals surface area contributed by atoms with Crippen molar-refractivity contribution in [2.75, 3.05) is 6.54 Å². The molecule has 1 saturated heterocycles. The number of hydrogen-bond acceptors (Lipinski definition) is 3. The van der Waals surface area contributed by atoms with E-state index in [1.54, 1.807) is 6.21 Å². The lowest BCUT2D eigenvalue weighted by molar-refractivity contribution is -0.118. The van der Waals surface area contributed by atoms with Crippen LogP contribution in [0.1, 0.15) is 38.2 Å². The number of hydrogen-bond donors (Lipinski definition) is 1. The van der Waals surface area contributed by atoms with Crippen LogP contribution in [0.4, 0.5) is 4.79 Å². The zero-order valence-corrected chi connectivity index (χ0v) is 12.8. The van der Waals surface area contributed by atoms with Crippen LogP contribution in [0.2, 0.25) is 0 Å². The molecule has 1 aliphatic heterocycles. The summed E-state index contributed by atoms with van der Waals surface area (Å²) in [7, 11) is 0. The zero-order valence-electron chi connectivity index (χ0n) is 12.8. The molecule has 0 bridgehead atoms. The number of amides is 3. The maximum atomic E-state index is 11.5. The van der Waals surface area contributed by atoms with E-state index in [1.165, 1.54) is 0 Å². The van der Waals surface area contributed by atoms with E-state index in [1.807, 2.05) is 30.3 Å². The smallest absolute Gasteiger partial charge is 0.275 e. The predicted octanol–water partition coefficient (Wildman–Crippen LogP) is 3.19. The molecule has 0 aromatic heterocycles. The van der Waals surface area contributed by atoms with Gasteiger partial charge in [0.2, 0.25) is 5.91 Å². The SMILES string of the molecule is CCCCCC(/C=N\N1CC(=O)NC1=O)=C\c1ccccc1. The van der Waals surface area contributed by atoms with E-state index in [0.29, 0.717) is 0 Å². The van der Waals surface area contributed by atoms with Gasteiger partial charge in [0.25, 0.3) is 0 Å². The fourth-order valence-corrected chi connectivity index (χ4v) is 2.18. The zero-order chi connectivity index (χ0) is 15.8. The number of carbonyl (C=O) groups is 2. The van der Waals surface area contributed by atoms with Crippen molar-refractivity contribution in [3.05, 3.63) is 41.5 Å². The molecule has 0 spiro atoms. The second-order valence-corrected chi connectivity index (χ2v) is 5.24. The highest BCUT2D eigenvalue weighted by Crippen LogP contribution is 2.13. The number of benzene rings is 1. The Morgan fingerprint density at radius 2 is 2.05 bits per heavy atom. The minimum Gasteiger partial charge on any atom is -0.275 e. The van der Waals surface area contributed by atoms with Gasteiger partial charge in [-0.25, -0.2) is 9.80 Å². The summed E-state index contributed by atoms with van der Waals surface area (Å²) in [5.41, 5.74) is 2.15. The average molecular weight is 299 g/mol. The number of urea groups is 1. The lowest BCUT2D eigenvalue weighted by Crippen LogP contribution is -2.24. The van der Waals surface area contributed by atoms with Crippen molar-refractivity contribution >= 4 is 24.2 Å². The molecule has 0 atom stereocenters. The van der Waals surface area contributed by atoms with Gasteiger partial charge in [-0.1, -0.05) is 56.2 Å². The third-order valence-electron chi connectivity index (χ3n) is 3.36. The summed E-state index contributed by atoms with van der Waals surface area (Å²) >= 11 is 0. The Morgan fingerprint density at radius 1 is 1.27 bits per heavy atom. The Labute approximate surface area is 130 Å². The molecule has 116 valence electrons. The number of hydrazone groups is 1. The molecule has 22 heavy (non-hydrogen) atoms. The first kappa shape index (κ1) is 15.9. The van der Waals surface area contributed by atoms with Crippen LogP contribution in [0.25, 0.3) is 6.08 Å². The van der Waals surface area contributed by atoms with Gasteiger partial charge in [-0.15, -0.1) is 0 Å². The third kappa shape index (κ3) is 4.84. The van der Waals surface area contributed by atoms with Crippen molar-refractivity contribution < 1.29 is 9.59 Å². The summed E-state index contributed by atoms with van der Waals surface area (Å²) in [6.07, 6.45) is 8.03. The molecule has 5 nitrogen and oxygen atoms in total. The van der Waals surface area contributed by atoms with Gasteiger partial charge in [0.1, 0.15) is 6.54 Å². The Balaban J connectivity index is 2.08. The van der Waals surface area contributed by atoms with Crippen molar-refractivity contribution in [3.63, 3.8) is 0 Å². The normalized spacial score (nSPS) is 15.7. The Hall–Kier alpha value is -2.43. The molecule has 2 rings (SSSR count).